The lowest BCUT2D eigenvalue weighted by Gasteiger charge is -2.38. The monoisotopic (exact) mass is 563 g/mol. The van der Waals surface area contributed by atoms with Crippen LogP contribution in [0.4, 0.5) is 0 Å². The van der Waals surface area contributed by atoms with Gasteiger partial charge < -0.3 is 39.8 Å². The van der Waals surface area contributed by atoms with Gasteiger partial charge in [-0.1, -0.05) is 30.3 Å². The third kappa shape index (κ3) is 5.37. The summed E-state index contributed by atoms with van der Waals surface area (Å²) in [4.78, 5) is 41.1. The number of aromatic nitrogens is 2. The lowest BCUT2D eigenvalue weighted by atomic mass is 9.99. The maximum absolute atomic E-state index is 13.0. The number of amides is 1. The van der Waals surface area contributed by atoms with E-state index in [9.17, 15) is 34.8 Å². The summed E-state index contributed by atoms with van der Waals surface area (Å²) in [6.07, 6.45) is -8.05. The van der Waals surface area contributed by atoms with Crippen LogP contribution in [-0.2, 0) is 23.0 Å². The van der Waals surface area contributed by atoms with Gasteiger partial charge in [0.1, 0.15) is 35.4 Å². The van der Waals surface area contributed by atoms with Crippen LogP contribution in [0.5, 0.6) is 5.75 Å². The number of aliphatic carboxylic acids is 1. The summed E-state index contributed by atoms with van der Waals surface area (Å²) < 4.78 is 12.5. The minimum atomic E-state index is -1.81. The van der Waals surface area contributed by atoms with Crippen molar-refractivity contribution in [2.24, 2.45) is 7.05 Å². The van der Waals surface area contributed by atoms with E-state index in [1.807, 2.05) is 35.9 Å². The molecule has 12 heteroatoms. The van der Waals surface area contributed by atoms with E-state index in [-0.39, 0.29) is 29.5 Å². The molecule has 4 aromatic rings. The number of para-hydroxylation sites is 1. The highest BCUT2D eigenvalue weighted by Crippen LogP contribution is 2.30. The molecule has 0 bridgehead atoms. The van der Waals surface area contributed by atoms with Crippen LogP contribution >= 0.6 is 0 Å². The Morgan fingerprint density at radius 3 is 2.39 bits per heavy atom. The van der Waals surface area contributed by atoms with Gasteiger partial charge in [0.25, 0.3) is 5.91 Å². The Morgan fingerprint density at radius 2 is 1.71 bits per heavy atom. The first-order chi connectivity index (χ1) is 19.6. The van der Waals surface area contributed by atoms with Gasteiger partial charge in [-0.05, 0) is 36.2 Å². The van der Waals surface area contributed by atoms with Crippen LogP contribution in [0.25, 0.3) is 21.8 Å². The zero-order valence-corrected chi connectivity index (χ0v) is 22.2. The van der Waals surface area contributed by atoms with Crippen LogP contribution in [0.1, 0.15) is 33.5 Å². The fourth-order valence-electron chi connectivity index (χ4n) is 4.99. The van der Waals surface area contributed by atoms with Crippen LogP contribution in [-0.4, -0.2) is 84.9 Å². The Labute approximate surface area is 233 Å². The lowest BCUT2D eigenvalue weighted by molar-refractivity contribution is -0.271. The van der Waals surface area contributed by atoms with E-state index >= 15 is 0 Å². The van der Waals surface area contributed by atoms with E-state index in [0.29, 0.717) is 11.9 Å². The molecule has 3 heterocycles. The van der Waals surface area contributed by atoms with Crippen molar-refractivity contribution < 1.29 is 44.3 Å². The summed E-state index contributed by atoms with van der Waals surface area (Å²) in [5.74, 6) is -1.93. The van der Waals surface area contributed by atoms with Gasteiger partial charge in [0.05, 0.1) is 5.52 Å². The number of hydrogen-bond donors (Lipinski definition) is 5. The molecule has 5 atom stereocenters. The number of carboxylic acid groups (broad SMARTS) is 1. The maximum atomic E-state index is 13.0. The van der Waals surface area contributed by atoms with Gasteiger partial charge in [-0.2, -0.15) is 0 Å². The van der Waals surface area contributed by atoms with Gasteiger partial charge in [0.2, 0.25) is 6.29 Å². The number of aryl methyl sites for hydroxylation is 1. The van der Waals surface area contributed by atoms with Crippen LogP contribution in [0, 0.1) is 0 Å². The molecule has 0 spiro atoms. The van der Waals surface area contributed by atoms with E-state index in [1.165, 1.54) is 6.92 Å². The Bertz CT molecular complexity index is 1630. The van der Waals surface area contributed by atoms with Crippen LogP contribution in [0.3, 0.4) is 0 Å². The number of aliphatic hydroxyl groups is 3. The van der Waals surface area contributed by atoms with Crippen molar-refractivity contribution in [1.29, 1.82) is 0 Å². The molecule has 0 aliphatic carbocycles. The minimum absolute atomic E-state index is 0.140. The van der Waals surface area contributed by atoms with Gasteiger partial charge in [-0.25, -0.2) is 9.78 Å². The molecule has 1 aliphatic heterocycles. The Morgan fingerprint density at radius 1 is 1.00 bits per heavy atom. The quantitative estimate of drug-likeness (QED) is 0.195. The first kappa shape index (κ1) is 28.2. The first-order valence-corrected chi connectivity index (χ1v) is 12.9. The number of rotatable bonds is 8. The fraction of sp³-hybridized carbons (Fsp3) is 0.310. The first-order valence-electron chi connectivity index (χ1n) is 12.9. The van der Waals surface area contributed by atoms with Crippen molar-refractivity contribution in [3.63, 3.8) is 0 Å². The number of fused-ring (bicyclic) bond motifs is 3. The Hall–Kier alpha value is -4.36. The topological polar surface area (TPSA) is 180 Å². The molecule has 41 heavy (non-hydrogen) atoms. The highest BCUT2D eigenvalue weighted by Gasteiger charge is 2.48. The SMILES string of the molecule is CC(=O)c1nc(C(=O)NCCc2ccc(O[C@@H]3O[C@H](C(=O)O)[C@@H](O)[C@H](O)[C@H]3O)cc2)cc2c3ccccc3n(C)c12. The molecule has 12 nitrogen and oxygen atoms in total. The third-order valence-electron chi connectivity index (χ3n) is 7.14. The number of pyridine rings is 1. The van der Waals surface area contributed by atoms with E-state index in [0.717, 1.165) is 21.9 Å². The van der Waals surface area contributed by atoms with Gasteiger partial charge in [0.15, 0.2) is 11.9 Å². The molecule has 1 saturated heterocycles. The molecule has 1 amide bonds. The van der Waals surface area contributed by atoms with Crippen molar-refractivity contribution in [1.82, 2.24) is 14.9 Å². The Balaban J connectivity index is 1.24. The smallest absolute Gasteiger partial charge is 0.335 e. The zero-order chi connectivity index (χ0) is 29.4. The van der Waals surface area contributed by atoms with Crippen LogP contribution in [0.2, 0.25) is 0 Å². The van der Waals surface area contributed by atoms with E-state index in [4.69, 9.17) is 9.47 Å². The standard InChI is InChI=1S/C29H29N3O9/c1-14(33)21-22-18(17-5-3-4-6-20(17)32(22)2)13-19(31-21)27(37)30-12-11-15-7-9-16(10-8-15)40-29-25(36)23(34)24(35)26(41-29)28(38)39/h3-10,13,23-26,29,34-36H,11-12H2,1-2H3,(H,30,37)(H,38,39)/t23-,24-,25+,26-,29+/m0/s1. The number of benzene rings is 2. The van der Waals surface area contributed by atoms with Crippen molar-refractivity contribution >= 4 is 39.5 Å². The van der Waals surface area contributed by atoms with Gasteiger partial charge in [-0.3, -0.25) is 9.59 Å². The minimum Gasteiger partial charge on any atom is -0.479 e. The van der Waals surface area contributed by atoms with E-state index < -0.39 is 42.6 Å². The second kappa shape index (κ2) is 11.3. The number of nitrogens with one attached hydrogen (secondary N) is 1. The molecular formula is C29H29N3O9. The number of carbonyl (C=O) groups excluding carboxylic acids is 2. The summed E-state index contributed by atoms with van der Waals surface area (Å²) in [6.45, 7) is 1.70. The van der Waals surface area contributed by atoms with Gasteiger partial charge >= 0.3 is 5.97 Å². The number of ketones is 1. The van der Waals surface area contributed by atoms with Crippen molar-refractivity contribution in [2.45, 2.75) is 44.1 Å². The number of carboxylic acids is 1. The third-order valence-corrected chi connectivity index (χ3v) is 7.14. The molecule has 2 aromatic carbocycles. The fourth-order valence-corrected chi connectivity index (χ4v) is 4.99. The largest absolute Gasteiger partial charge is 0.479 e. The number of carbonyl (C=O) groups is 3. The predicted octanol–water partition coefficient (Wildman–Crippen LogP) is 1.17. The second-order valence-electron chi connectivity index (χ2n) is 9.89. The highest BCUT2D eigenvalue weighted by atomic mass is 16.7. The number of nitrogens with zero attached hydrogens (tertiary/aromatic N) is 2. The normalized spacial score (nSPS) is 22.5. The van der Waals surface area contributed by atoms with Crippen LogP contribution in [0.15, 0.2) is 54.6 Å². The van der Waals surface area contributed by atoms with Gasteiger partial charge in [0, 0.05) is 36.8 Å². The average Bonchev–Trinajstić information content (AvgIpc) is 3.25. The summed E-state index contributed by atoms with van der Waals surface area (Å²) in [5, 5.41) is 43.6. The predicted molar refractivity (Wildman–Crippen MR) is 146 cm³/mol. The summed E-state index contributed by atoms with van der Waals surface area (Å²) in [7, 11) is 1.86. The Kier molecular flexibility index (Phi) is 7.74. The average molecular weight is 564 g/mol. The summed E-state index contributed by atoms with van der Waals surface area (Å²) in [5.41, 5.74) is 2.81. The molecule has 0 saturated carbocycles. The molecule has 214 valence electrons. The van der Waals surface area contributed by atoms with Gasteiger partial charge in [-0.15, -0.1) is 0 Å². The zero-order valence-electron chi connectivity index (χ0n) is 22.2. The number of hydrogen-bond acceptors (Lipinski definition) is 9. The molecule has 0 unspecified atom stereocenters. The molecule has 5 N–H and O–H groups in total. The number of Topliss-reactive ketones (excluding diaryl/α,β-unsaturated/α-hetero) is 1. The second-order valence-corrected chi connectivity index (χ2v) is 9.89. The number of ether oxygens (including phenoxy) is 2. The molecule has 1 aliphatic rings. The number of aliphatic hydroxyl groups excluding tert-OH is 3. The summed E-state index contributed by atoms with van der Waals surface area (Å²) in [6, 6.07) is 15.9. The summed E-state index contributed by atoms with van der Waals surface area (Å²) >= 11 is 0. The van der Waals surface area contributed by atoms with Crippen LogP contribution < -0.4 is 10.1 Å². The maximum Gasteiger partial charge on any atom is 0.335 e. The van der Waals surface area contributed by atoms with E-state index in [1.54, 1.807) is 30.3 Å². The highest BCUT2D eigenvalue weighted by molar-refractivity contribution is 6.16. The lowest BCUT2D eigenvalue weighted by Crippen LogP contribution is -2.61. The van der Waals surface area contributed by atoms with Crippen molar-refractivity contribution in [3.05, 3.63) is 71.5 Å². The van der Waals surface area contributed by atoms with Crippen molar-refractivity contribution in [2.75, 3.05) is 6.54 Å². The molecular weight excluding hydrogens is 534 g/mol. The molecule has 0 radical (unpaired) electrons. The molecule has 2 aromatic heterocycles. The van der Waals surface area contributed by atoms with E-state index in [2.05, 4.69) is 10.3 Å². The molecule has 1 fully saturated rings. The van der Waals surface area contributed by atoms with Crippen molar-refractivity contribution in [3.8, 4) is 5.75 Å². The molecule has 5 rings (SSSR count).